The van der Waals surface area contributed by atoms with Crippen molar-refractivity contribution in [2.45, 2.75) is 25.3 Å². The number of aliphatic carboxylic acids is 1. The van der Waals surface area contributed by atoms with E-state index in [4.69, 9.17) is 5.11 Å². The van der Waals surface area contributed by atoms with E-state index < -0.39 is 11.9 Å². The van der Waals surface area contributed by atoms with Crippen LogP contribution in [-0.4, -0.2) is 65.0 Å². The molecule has 2 heterocycles. The first-order valence-electron chi connectivity index (χ1n) is 5.78. The molecule has 0 aromatic carbocycles. The fraction of sp³-hybridized carbons (Fsp3) is 0.818. The second-order valence-corrected chi connectivity index (χ2v) is 4.82. The number of rotatable bonds is 2. The summed E-state index contributed by atoms with van der Waals surface area (Å²) in [5.74, 6) is -1.32. The molecule has 1 atom stereocenters. The number of carbonyl (C=O) groups is 2. The third kappa shape index (κ3) is 2.95. The van der Waals surface area contributed by atoms with Crippen LogP contribution in [0, 0.1) is 5.92 Å². The maximum absolute atomic E-state index is 11.7. The van der Waals surface area contributed by atoms with Gasteiger partial charge in [0.25, 0.3) is 0 Å². The molecule has 0 spiro atoms. The monoisotopic (exact) mass is 244 g/mol. The zero-order chi connectivity index (χ0) is 11.7. The molecule has 1 unspecified atom stereocenters. The van der Waals surface area contributed by atoms with Gasteiger partial charge in [0, 0.05) is 19.0 Å². The summed E-state index contributed by atoms with van der Waals surface area (Å²) < 4.78 is 0. The highest BCUT2D eigenvalue weighted by atomic mass is 16.4. The number of carbonyl (C=O) groups excluding carboxylic acids is 1. The normalized spacial score (nSPS) is 27.0. The van der Waals surface area contributed by atoms with Crippen molar-refractivity contribution >= 4 is 11.9 Å². The van der Waals surface area contributed by atoms with E-state index in [-0.39, 0.29) is 23.8 Å². The maximum atomic E-state index is 11.7. The molecular weight excluding hydrogens is 224 g/mol. The zero-order valence-corrected chi connectivity index (χ0v) is 10.1. The van der Waals surface area contributed by atoms with Gasteiger partial charge in [-0.15, -0.1) is 0 Å². The van der Waals surface area contributed by atoms with E-state index in [2.05, 4.69) is 11.9 Å². The molecule has 6 heteroatoms. The van der Waals surface area contributed by atoms with Crippen molar-refractivity contribution in [1.82, 2.24) is 9.80 Å². The van der Waals surface area contributed by atoms with Crippen LogP contribution in [0.25, 0.3) is 0 Å². The molecule has 98 valence electrons. The van der Waals surface area contributed by atoms with E-state index >= 15 is 0 Å². The number of carboxylic acids is 1. The first-order chi connectivity index (χ1) is 7.58. The van der Waals surface area contributed by atoms with Crippen LogP contribution in [0.5, 0.6) is 0 Å². The van der Waals surface area contributed by atoms with Crippen molar-refractivity contribution < 1.29 is 20.2 Å². The fourth-order valence-corrected chi connectivity index (χ4v) is 2.56. The van der Waals surface area contributed by atoms with Gasteiger partial charge in [-0.05, 0) is 33.0 Å². The molecular formula is C11H20N2O4. The van der Waals surface area contributed by atoms with Gasteiger partial charge in [-0.1, -0.05) is 0 Å². The fourth-order valence-electron chi connectivity index (χ4n) is 2.56. The van der Waals surface area contributed by atoms with E-state index in [9.17, 15) is 9.59 Å². The second-order valence-electron chi connectivity index (χ2n) is 4.82. The molecule has 2 aliphatic heterocycles. The van der Waals surface area contributed by atoms with Crippen LogP contribution in [-0.2, 0) is 9.59 Å². The Hall–Kier alpha value is -1.14. The largest absolute Gasteiger partial charge is 0.481 e. The molecule has 0 aliphatic carbocycles. The van der Waals surface area contributed by atoms with Gasteiger partial charge >= 0.3 is 5.97 Å². The molecule has 2 aliphatic rings. The van der Waals surface area contributed by atoms with Crippen molar-refractivity contribution in [2.24, 2.45) is 5.92 Å². The summed E-state index contributed by atoms with van der Waals surface area (Å²) in [7, 11) is 2.07. The van der Waals surface area contributed by atoms with Crippen molar-refractivity contribution in [2.75, 3.05) is 26.7 Å². The molecule has 2 rings (SSSR count). The molecule has 0 aromatic heterocycles. The summed E-state index contributed by atoms with van der Waals surface area (Å²) in [6.45, 7) is 2.39. The average Bonchev–Trinajstić information content (AvgIpc) is 2.62. The predicted octanol–water partition coefficient (Wildman–Crippen LogP) is -0.811. The van der Waals surface area contributed by atoms with Crippen LogP contribution in [0.15, 0.2) is 0 Å². The van der Waals surface area contributed by atoms with Crippen molar-refractivity contribution in [1.29, 1.82) is 0 Å². The molecule has 6 nitrogen and oxygen atoms in total. The Morgan fingerprint density at radius 3 is 2.41 bits per heavy atom. The summed E-state index contributed by atoms with van der Waals surface area (Å²) in [6.07, 6.45) is 2.12. The third-order valence-electron chi connectivity index (χ3n) is 3.64. The molecule has 0 radical (unpaired) electrons. The lowest BCUT2D eigenvalue weighted by Gasteiger charge is -2.35. The molecule has 2 fully saturated rings. The number of hydrogen-bond donors (Lipinski definition) is 1. The smallest absolute Gasteiger partial charge is 0.308 e. The van der Waals surface area contributed by atoms with Gasteiger partial charge in [0.1, 0.15) is 0 Å². The van der Waals surface area contributed by atoms with E-state index in [0.717, 1.165) is 25.9 Å². The summed E-state index contributed by atoms with van der Waals surface area (Å²) >= 11 is 0. The molecule has 0 bridgehead atoms. The van der Waals surface area contributed by atoms with Crippen molar-refractivity contribution in [3.05, 3.63) is 0 Å². The number of likely N-dealkylation sites (tertiary alicyclic amines) is 2. The first kappa shape index (κ1) is 13.9. The predicted molar refractivity (Wildman–Crippen MR) is 61.6 cm³/mol. The average molecular weight is 244 g/mol. The van der Waals surface area contributed by atoms with E-state index in [0.29, 0.717) is 6.54 Å². The van der Waals surface area contributed by atoms with Crippen LogP contribution in [0.4, 0.5) is 0 Å². The van der Waals surface area contributed by atoms with Crippen LogP contribution in [0.3, 0.4) is 0 Å². The minimum Gasteiger partial charge on any atom is -0.481 e. The van der Waals surface area contributed by atoms with Crippen LogP contribution < -0.4 is 0 Å². The van der Waals surface area contributed by atoms with E-state index in [1.54, 1.807) is 4.90 Å². The highest BCUT2D eigenvalue weighted by Crippen LogP contribution is 2.25. The number of carboxylic acid groups (broad SMARTS) is 1. The zero-order valence-electron chi connectivity index (χ0n) is 10.1. The molecule has 17 heavy (non-hydrogen) atoms. The lowest BCUT2D eigenvalue weighted by Crippen LogP contribution is -2.44. The van der Waals surface area contributed by atoms with Gasteiger partial charge in [0.2, 0.25) is 5.91 Å². The summed E-state index contributed by atoms with van der Waals surface area (Å²) in [4.78, 5) is 26.6. The van der Waals surface area contributed by atoms with Gasteiger partial charge in [0.05, 0.1) is 5.92 Å². The lowest BCUT2D eigenvalue weighted by atomic mass is 10.0. The van der Waals surface area contributed by atoms with Crippen LogP contribution >= 0.6 is 0 Å². The Kier molecular flexibility index (Phi) is 4.47. The van der Waals surface area contributed by atoms with Crippen LogP contribution in [0.2, 0.25) is 0 Å². The first-order valence-corrected chi connectivity index (χ1v) is 5.78. The molecule has 0 saturated carbocycles. The number of piperidine rings is 1. The Bertz CT molecular complexity index is 300. The summed E-state index contributed by atoms with van der Waals surface area (Å²) in [5, 5.41) is 8.90. The number of nitrogens with zero attached hydrogens (tertiary/aromatic N) is 2. The van der Waals surface area contributed by atoms with Gasteiger partial charge in [0.15, 0.2) is 0 Å². The van der Waals surface area contributed by atoms with E-state index in [1.807, 2.05) is 0 Å². The van der Waals surface area contributed by atoms with Gasteiger partial charge in [-0.2, -0.15) is 0 Å². The third-order valence-corrected chi connectivity index (χ3v) is 3.64. The highest BCUT2D eigenvalue weighted by molar-refractivity contribution is 5.86. The van der Waals surface area contributed by atoms with Crippen LogP contribution in [0.1, 0.15) is 19.3 Å². The van der Waals surface area contributed by atoms with Crippen molar-refractivity contribution in [3.8, 4) is 0 Å². The number of hydrogen-bond acceptors (Lipinski definition) is 3. The molecule has 2 saturated heterocycles. The maximum Gasteiger partial charge on any atom is 0.308 e. The molecule has 1 amide bonds. The topological polar surface area (TPSA) is 92.3 Å². The highest BCUT2D eigenvalue weighted by Gasteiger charge is 2.38. The van der Waals surface area contributed by atoms with Crippen molar-refractivity contribution in [3.63, 3.8) is 0 Å². The van der Waals surface area contributed by atoms with E-state index in [1.165, 1.54) is 0 Å². The van der Waals surface area contributed by atoms with Gasteiger partial charge < -0.3 is 20.4 Å². The molecule has 3 N–H and O–H groups in total. The standard InChI is InChI=1S/C11H18N2O3.H2O/c1-12-4-2-9(3-5-12)13-7-8(11(15)16)6-10(13)14;/h8-9H,2-7H2,1H3,(H,15,16);1H2. The Morgan fingerprint density at radius 2 is 1.94 bits per heavy atom. The summed E-state index contributed by atoms with van der Waals surface area (Å²) in [5.41, 5.74) is 0. The summed E-state index contributed by atoms with van der Waals surface area (Å²) in [6, 6.07) is 0.257. The second kappa shape index (κ2) is 5.46. The minimum atomic E-state index is -0.844. The Balaban J connectivity index is 0.00000144. The van der Waals surface area contributed by atoms with Gasteiger partial charge in [-0.25, -0.2) is 0 Å². The quantitative estimate of drug-likeness (QED) is 0.687. The lowest BCUT2D eigenvalue weighted by molar-refractivity contribution is -0.141. The Morgan fingerprint density at radius 1 is 1.35 bits per heavy atom. The minimum absolute atomic E-state index is 0. The molecule has 0 aromatic rings. The van der Waals surface area contributed by atoms with Gasteiger partial charge in [-0.3, -0.25) is 9.59 Å². The SMILES string of the molecule is CN1CCC(N2CC(C(=O)O)CC2=O)CC1.O. The Labute approximate surface area is 100 Å². The number of amides is 1.